The second-order valence-electron chi connectivity index (χ2n) is 10.1. The first-order chi connectivity index (χ1) is 17.8. The molecule has 0 spiro atoms. The number of hydrogen-bond donors (Lipinski definition) is 3. The highest BCUT2D eigenvalue weighted by Gasteiger charge is 2.44. The van der Waals surface area contributed by atoms with Crippen LogP contribution in [0.2, 0.25) is 0 Å². The van der Waals surface area contributed by atoms with Crippen LogP contribution in [-0.2, 0) is 14.3 Å². The standard InChI is InChI=1S/C27H45FN2O7/c1-2-3-4-5-6-7-8-9-10-11-12-13-14-15-16-17-22(31)36-19-21-23(32)24(33)26(37-21)30-18-20(28)25(34)29-27(30)35/h18,21,23-24,26,32-33H,2-17,19H2,1H3,(H,29,34,35)/t21-,23-,24-,26-/m1/s1. The van der Waals surface area contributed by atoms with Gasteiger partial charge in [-0.2, -0.15) is 4.39 Å². The summed E-state index contributed by atoms with van der Waals surface area (Å²) in [6, 6.07) is 0. The number of carbonyl (C=O) groups excluding carboxylic acids is 1. The van der Waals surface area contributed by atoms with Crippen LogP contribution in [0.25, 0.3) is 0 Å². The number of carbonyl (C=O) groups is 1. The molecule has 1 fully saturated rings. The van der Waals surface area contributed by atoms with E-state index in [4.69, 9.17) is 9.47 Å². The van der Waals surface area contributed by atoms with Gasteiger partial charge in [0.05, 0.1) is 6.20 Å². The van der Waals surface area contributed by atoms with E-state index in [9.17, 15) is 29.0 Å². The predicted molar refractivity (Wildman–Crippen MR) is 138 cm³/mol. The summed E-state index contributed by atoms with van der Waals surface area (Å²) in [5, 5.41) is 20.4. The molecule has 9 nitrogen and oxygen atoms in total. The Labute approximate surface area is 218 Å². The molecule has 10 heteroatoms. The fourth-order valence-corrected chi connectivity index (χ4v) is 4.63. The van der Waals surface area contributed by atoms with Crippen molar-refractivity contribution >= 4 is 5.97 Å². The van der Waals surface area contributed by atoms with Crippen molar-refractivity contribution in [3.63, 3.8) is 0 Å². The summed E-state index contributed by atoms with van der Waals surface area (Å²) in [4.78, 5) is 36.9. The topological polar surface area (TPSA) is 131 Å². The number of hydrogen-bond acceptors (Lipinski definition) is 7. The van der Waals surface area contributed by atoms with E-state index in [0.717, 1.165) is 19.3 Å². The van der Waals surface area contributed by atoms with Crippen LogP contribution in [0, 0.1) is 5.82 Å². The molecule has 1 aliphatic rings. The molecule has 1 saturated heterocycles. The summed E-state index contributed by atoms with van der Waals surface area (Å²) < 4.78 is 24.8. The minimum absolute atomic E-state index is 0.248. The van der Waals surface area contributed by atoms with Crippen molar-refractivity contribution in [1.82, 2.24) is 9.55 Å². The van der Waals surface area contributed by atoms with Gasteiger partial charge in [-0.25, -0.2) is 4.79 Å². The average Bonchev–Trinajstić information content (AvgIpc) is 3.15. The SMILES string of the molecule is CCCCCCCCCCCCCCCCCC(=O)OC[C@H]1O[C@@H](n2cc(F)c(=O)[nH]c2=O)[C@H](O)[C@@H]1O. The van der Waals surface area contributed by atoms with E-state index in [0.29, 0.717) is 17.2 Å². The van der Waals surface area contributed by atoms with Gasteiger partial charge in [-0.05, 0) is 6.42 Å². The van der Waals surface area contributed by atoms with Crippen LogP contribution < -0.4 is 11.2 Å². The molecule has 0 bridgehead atoms. The molecule has 3 N–H and O–H groups in total. The van der Waals surface area contributed by atoms with Crippen molar-refractivity contribution < 1.29 is 28.9 Å². The number of aromatic amines is 1. The van der Waals surface area contributed by atoms with Gasteiger partial charge in [-0.1, -0.05) is 96.8 Å². The number of aromatic nitrogens is 2. The number of ether oxygens (including phenoxy) is 2. The van der Waals surface area contributed by atoms with Crippen molar-refractivity contribution in [3.05, 3.63) is 32.9 Å². The lowest BCUT2D eigenvalue weighted by Crippen LogP contribution is -2.38. The van der Waals surface area contributed by atoms with E-state index in [1.807, 2.05) is 0 Å². The number of nitrogens with one attached hydrogen (secondary N) is 1. The van der Waals surface area contributed by atoms with Crippen LogP contribution in [0.3, 0.4) is 0 Å². The maximum Gasteiger partial charge on any atom is 0.330 e. The molecular formula is C27H45FN2O7. The predicted octanol–water partition coefficient (Wildman–Crippen LogP) is 4.10. The van der Waals surface area contributed by atoms with Gasteiger partial charge in [-0.3, -0.25) is 19.1 Å². The number of esters is 1. The number of halogens is 1. The Morgan fingerprint density at radius 3 is 1.97 bits per heavy atom. The van der Waals surface area contributed by atoms with Crippen molar-refractivity contribution in [2.45, 2.75) is 134 Å². The fourth-order valence-electron chi connectivity index (χ4n) is 4.63. The Morgan fingerprint density at radius 1 is 0.919 bits per heavy atom. The maximum atomic E-state index is 13.5. The van der Waals surface area contributed by atoms with Gasteiger partial charge in [0.25, 0.3) is 5.56 Å². The highest BCUT2D eigenvalue weighted by molar-refractivity contribution is 5.69. The molecule has 1 aliphatic heterocycles. The van der Waals surface area contributed by atoms with Crippen LogP contribution in [0.4, 0.5) is 4.39 Å². The lowest BCUT2D eigenvalue weighted by Gasteiger charge is -2.16. The van der Waals surface area contributed by atoms with E-state index in [1.165, 1.54) is 70.6 Å². The second kappa shape index (κ2) is 17.5. The molecular weight excluding hydrogens is 483 g/mol. The summed E-state index contributed by atoms with van der Waals surface area (Å²) in [6.07, 6.45) is 13.8. The quantitative estimate of drug-likeness (QED) is 0.182. The van der Waals surface area contributed by atoms with Crippen LogP contribution in [0.1, 0.15) is 116 Å². The Kier molecular flexibility index (Phi) is 14.7. The molecule has 1 aromatic heterocycles. The largest absolute Gasteiger partial charge is 0.463 e. The van der Waals surface area contributed by atoms with Gasteiger partial charge in [0.1, 0.15) is 24.9 Å². The van der Waals surface area contributed by atoms with Crippen LogP contribution in [-0.4, -0.2) is 50.7 Å². The zero-order valence-corrected chi connectivity index (χ0v) is 22.2. The number of rotatable bonds is 19. The third kappa shape index (κ3) is 11.1. The van der Waals surface area contributed by atoms with Crippen molar-refractivity contribution in [2.24, 2.45) is 0 Å². The third-order valence-corrected chi connectivity index (χ3v) is 6.93. The summed E-state index contributed by atoms with van der Waals surface area (Å²) in [5.74, 6) is -1.67. The minimum Gasteiger partial charge on any atom is -0.463 e. The molecule has 212 valence electrons. The maximum absolute atomic E-state index is 13.5. The van der Waals surface area contributed by atoms with Crippen LogP contribution >= 0.6 is 0 Å². The molecule has 2 rings (SSSR count). The lowest BCUT2D eigenvalue weighted by atomic mass is 10.0. The zero-order chi connectivity index (χ0) is 27.0. The van der Waals surface area contributed by atoms with E-state index < -0.39 is 47.6 Å². The molecule has 0 saturated carbocycles. The molecule has 4 atom stereocenters. The summed E-state index contributed by atoms with van der Waals surface area (Å²) >= 11 is 0. The summed E-state index contributed by atoms with van der Waals surface area (Å²) in [5.41, 5.74) is -2.19. The molecule has 0 unspecified atom stereocenters. The number of aliphatic hydroxyl groups excluding tert-OH is 2. The van der Waals surface area contributed by atoms with E-state index in [1.54, 1.807) is 4.98 Å². The van der Waals surface area contributed by atoms with Crippen molar-refractivity contribution in [2.75, 3.05) is 6.61 Å². The van der Waals surface area contributed by atoms with Crippen molar-refractivity contribution in [1.29, 1.82) is 0 Å². The monoisotopic (exact) mass is 528 g/mol. The molecule has 0 aliphatic carbocycles. The number of nitrogens with zero attached hydrogens (tertiary/aromatic N) is 1. The van der Waals surface area contributed by atoms with Gasteiger partial charge >= 0.3 is 11.7 Å². The van der Waals surface area contributed by atoms with Gasteiger partial charge in [-0.15, -0.1) is 0 Å². The Morgan fingerprint density at radius 2 is 1.43 bits per heavy atom. The molecule has 37 heavy (non-hydrogen) atoms. The number of unbranched alkanes of at least 4 members (excludes halogenated alkanes) is 14. The van der Waals surface area contributed by atoms with Crippen molar-refractivity contribution in [3.8, 4) is 0 Å². The molecule has 1 aromatic rings. The van der Waals surface area contributed by atoms with Crippen LogP contribution in [0.5, 0.6) is 0 Å². The van der Waals surface area contributed by atoms with Gasteiger partial charge in [0.15, 0.2) is 6.23 Å². The number of aliphatic hydroxyl groups is 2. The average molecular weight is 529 g/mol. The van der Waals surface area contributed by atoms with Gasteiger partial charge in [0.2, 0.25) is 5.82 Å². The van der Waals surface area contributed by atoms with E-state index >= 15 is 0 Å². The highest BCUT2D eigenvalue weighted by Crippen LogP contribution is 2.28. The second-order valence-corrected chi connectivity index (χ2v) is 10.1. The normalized spacial score (nSPS) is 21.4. The first-order valence-electron chi connectivity index (χ1n) is 14.0. The zero-order valence-electron chi connectivity index (χ0n) is 22.2. The first-order valence-corrected chi connectivity index (χ1v) is 14.0. The first kappa shape index (κ1) is 31.2. The molecule has 0 radical (unpaired) electrons. The Hall–Kier alpha value is -2.04. The molecule has 2 heterocycles. The van der Waals surface area contributed by atoms with E-state index in [-0.39, 0.29) is 13.0 Å². The molecule has 0 amide bonds. The highest BCUT2D eigenvalue weighted by atomic mass is 19.1. The number of H-pyrrole nitrogens is 1. The Bertz CT molecular complexity index is 903. The van der Waals surface area contributed by atoms with E-state index in [2.05, 4.69) is 6.92 Å². The Balaban J connectivity index is 1.51. The van der Waals surface area contributed by atoms with Crippen LogP contribution in [0.15, 0.2) is 15.8 Å². The molecule has 0 aromatic carbocycles. The van der Waals surface area contributed by atoms with Gasteiger partial charge in [0, 0.05) is 6.42 Å². The van der Waals surface area contributed by atoms with Gasteiger partial charge < -0.3 is 19.7 Å². The smallest absolute Gasteiger partial charge is 0.330 e. The lowest BCUT2D eigenvalue weighted by molar-refractivity contribution is -0.150. The summed E-state index contributed by atoms with van der Waals surface area (Å²) in [6.45, 7) is 1.93. The summed E-state index contributed by atoms with van der Waals surface area (Å²) in [7, 11) is 0. The third-order valence-electron chi connectivity index (χ3n) is 6.93. The fraction of sp³-hybridized carbons (Fsp3) is 0.815. The minimum atomic E-state index is -1.57.